The highest BCUT2D eigenvalue weighted by Crippen LogP contribution is 2.28. The van der Waals surface area contributed by atoms with Crippen molar-refractivity contribution < 1.29 is 9.13 Å². The number of morpholine rings is 1. The number of nitrogens with one attached hydrogen (secondary N) is 1. The first-order valence-corrected chi connectivity index (χ1v) is 11.2. The second-order valence-corrected chi connectivity index (χ2v) is 8.64. The van der Waals surface area contributed by atoms with Crippen molar-refractivity contribution in [2.45, 2.75) is 26.4 Å². The monoisotopic (exact) mass is 447 g/mol. The molecule has 33 heavy (non-hydrogen) atoms. The first kappa shape index (κ1) is 21.5. The first-order chi connectivity index (χ1) is 16.0. The van der Waals surface area contributed by atoms with Crippen LogP contribution >= 0.6 is 0 Å². The normalized spacial score (nSPS) is 18.7. The third-order valence-corrected chi connectivity index (χ3v) is 6.64. The fourth-order valence-electron chi connectivity index (χ4n) is 4.63. The lowest BCUT2D eigenvalue weighted by Gasteiger charge is -2.44. The average Bonchev–Trinajstić information content (AvgIpc) is 2.84. The summed E-state index contributed by atoms with van der Waals surface area (Å²) in [5.41, 5.74) is 2.60. The quantitative estimate of drug-likeness (QED) is 0.653. The maximum Gasteiger partial charge on any atom is 0.157 e. The van der Waals surface area contributed by atoms with Gasteiger partial charge in [-0.15, -0.1) is 5.10 Å². The van der Waals surface area contributed by atoms with Gasteiger partial charge in [-0.1, -0.05) is 0 Å². The van der Waals surface area contributed by atoms with Crippen molar-refractivity contribution in [1.82, 2.24) is 20.1 Å². The zero-order valence-electron chi connectivity index (χ0n) is 18.8. The van der Waals surface area contributed by atoms with E-state index >= 15 is 0 Å². The van der Waals surface area contributed by atoms with Gasteiger partial charge in [0, 0.05) is 49.7 Å². The molecular formula is C24H26FN7O. The summed E-state index contributed by atoms with van der Waals surface area (Å²) in [5.74, 6) is 1.09. The molecule has 2 aromatic heterocycles. The van der Waals surface area contributed by atoms with Gasteiger partial charge in [-0.05, 0) is 43.2 Å². The Hall–Kier alpha value is -3.35. The second kappa shape index (κ2) is 8.89. The number of aromatic nitrogens is 3. The van der Waals surface area contributed by atoms with E-state index in [0.29, 0.717) is 29.5 Å². The van der Waals surface area contributed by atoms with E-state index in [1.54, 1.807) is 0 Å². The standard InChI is InChI=1S/C24H26FN7O/c1-15-17(10-26)7-19(25)8-18(15)11-28-24-21-9-23(27-12-22(21)16(2)29-30-24)32-4-3-31-5-6-33-14-20(31)13-32/h7-9,12,20H,3-6,11,13-14H2,1-2H3,(H,28,30). The molecule has 1 unspecified atom stereocenters. The van der Waals surface area contributed by atoms with Crippen molar-refractivity contribution in [3.8, 4) is 6.07 Å². The molecule has 0 aliphatic carbocycles. The predicted octanol–water partition coefficient (Wildman–Crippen LogP) is 2.79. The zero-order chi connectivity index (χ0) is 22.9. The number of halogens is 1. The highest BCUT2D eigenvalue weighted by Gasteiger charge is 2.30. The Morgan fingerprint density at radius 2 is 2.06 bits per heavy atom. The minimum absolute atomic E-state index is 0.334. The smallest absolute Gasteiger partial charge is 0.157 e. The van der Waals surface area contributed by atoms with Crippen LogP contribution in [0.4, 0.5) is 16.0 Å². The van der Waals surface area contributed by atoms with E-state index < -0.39 is 5.82 Å². The Kier molecular flexibility index (Phi) is 5.79. The molecule has 5 rings (SSSR count). The van der Waals surface area contributed by atoms with E-state index in [9.17, 15) is 9.65 Å². The lowest BCUT2D eigenvalue weighted by molar-refractivity contribution is -0.0117. The maximum absolute atomic E-state index is 14.0. The molecule has 2 aliphatic heterocycles. The SMILES string of the molecule is Cc1c(C#N)cc(F)cc1CNc1nnc(C)c2cnc(N3CCN4CCOCC4C3)cc12. The molecule has 8 nitrogen and oxygen atoms in total. The van der Waals surface area contributed by atoms with Gasteiger partial charge in [-0.25, -0.2) is 9.37 Å². The first-order valence-electron chi connectivity index (χ1n) is 11.2. The molecule has 2 saturated heterocycles. The predicted molar refractivity (Wildman–Crippen MR) is 124 cm³/mol. The summed E-state index contributed by atoms with van der Waals surface area (Å²) >= 11 is 0. The van der Waals surface area contributed by atoms with Gasteiger partial charge in [0.15, 0.2) is 5.82 Å². The van der Waals surface area contributed by atoms with E-state index in [1.165, 1.54) is 12.1 Å². The van der Waals surface area contributed by atoms with E-state index in [4.69, 9.17) is 9.72 Å². The van der Waals surface area contributed by atoms with Crippen molar-refractivity contribution in [1.29, 1.82) is 5.26 Å². The Bertz CT molecular complexity index is 1240. The molecule has 2 fully saturated rings. The molecule has 9 heteroatoms. The largest absolute Gasteiger partial charge is 0.378 e. The molecule has 3 aromatic rings. The van der Waals surface area contributed by atoms with E-state index in [2.05, 4.69) is 37.4 Å². The number of nitriles is 1. The van der Waals surface area contributed by atoms with Gasteiger partial charge in [-0.2, -0.15) is 10.4 Å². The van der Waals surface area contributed by atoms with Crippen LogP contribution in [-0.2, 0) is 11.3 Å². The average molecular weight is 448 g/mol. The van der Waals surface area contributed by atoms with Crippen molar-refractivity contribution in [2.24, 2.45) is 0 Å². The van der Waals surface area contributed by atoms with E-state index in [0.717, 1.165) is 67.2 Å². The Morgan fingerprint density at radius 3 is 2.91 bits per heavy atom. The fourth-order valence-corrected chi connectivity index (χ4v) is 4.63. The number of hydrogen-bond acceptors (Lipinski definition) is 8. The van der Waals surface area contributed by atoms with Gasteiger partial charge in [0.2, 0.25) is 0 Å². The number of hydrogen-bond donors (Lipinski definition) is 1. The summed E-state index contributed by atoms with van der Waals surface area (Å²) < 4.78 is 19.6. The Balaban J connectivity index is 1.43. The van der Waals surface area contributed by atoms with Crippen LogP contribution in [0, 0.1) is 31.0 Å². The molecule has 1 N–H and O–H groups in total. The van der Waals surface area contributed by atoms with Crippen LogP contribution < -0.4 is 10.2 Å². The molecular weight excluding hydrogens is 421 g/mol. The highest BCUT2D eigenvalue weighted by atomic mass is 19.1. The molecule has 0 saturated carbocycles. The van der Waals surface area contributed by atoms with Crippen molar-refractivity contribution in [2.75, 3.05) is 49.6 Å². The number of aryl methyl sites for hydroxylation is 1. The fraction of sp³-hybridized carbons (Fsp3) is 0.417. The summed E-state index contributed by atoms with van der Waals surface area (Å²) in [5, 5.41) is 23.1. The lowest BCUT2D eigenvalue weighted by Crippen LogP contribution is -2.58. The summed E-state index contributed by atoms with van der Waals surface area (Å²) in [7, 11) is 0. The second-order valence-electron chi connectivity index (χ2n) is 8.64. The number of ether oxygens (including phenoxy) is 1. The van der Waals surface area contributed by atoms with Crippen LogP contribution in [0.25, 0.3) is 10.8 Å². The molecule has 1 aromatic carbocycles. The molecule has 0 bridgehead atoms. The minimum atomic E-state index is -0.425. The molecule has 0 radical (unpaired) electrons. The van der Waals surface area contributed by atoms with Gasteiger partial charge >= 0.3 is 0 Å². The van der Waals surface area contributed by atoms with Crippen LogP contribution in [0.2, 0.25) is 0 Å². The number of fused-ring (bicyclic) bond motifs is 2. The number of anilines is 2. The van der Waals surface area contributed by atoms with Gasteiger partial charge in [0.25, 0.3) is 0 Å². The molecule has 170 valence electrons. The summed E-state index contributed by atoms with van der Waals surface area (Å²) in [6, 6.07) is 7.20. The van der Waals surface area contributed by atoms with Crippen molar-refractivity contribution >= 4 is 22.4 Å². The molecule has 0 amide bonds. The van der Waals surface area contributed by atoms with Crippen molar-refractivity contribution in [3.63, 3.8) is 0 Å². The molecule has 1 atom stereocenters. The Labute approximate surface area is 192 Å². The van der Waals surface area contributed by atoms with E-state index in [1.807, 2.05) is 20.0 Å². The van der Waals surface area contributed by atoms with Crippen LogP contribution in [0.15, 0.2) is 24.4 Å². The van der Waals surface area contributed by atoms with Gasteiger partial charge in [0.1, 0.15) is 11.6 Å². The van der Waals surface area contributed by atoms with Gasteiger partial charge in [-0.3, -0.25) is 4.90 Å². The van der Waals surface area contributed by atoms with Crippen LogP contribution in [0.3, 0.4) is 0 Å². The molecule has 2 aliphatic rings. The number of rotatable bonds is 4. The Morgan fingerprint density at radius 1 is 1.18 bits per heavy atom. The number of benzene rings is 1. The molecule has 4 heterocycles. The van der Waals surface area contributed by atoms with Gasteiger partial charge < -0.3 is 15.0 Å². The topological polar surface area (TPSA) is 90.2 Å². The summed E-state index contributed by atoms with van der Waals surface area (Å²) in [6.45, 7) is 9.39. The molecule has 0 spiro atoms. The van der Waals surface area contributed by atoms with Crippen LogP contribution in [0.5, 0.6) is 0 Å². The lowest BCUT2D eigenvalue weighted by atomic mass is 10.0. The van der Waals surface area contributed by atoms with Crippen LogP contribution in [-0.4, -0.2) is 65.5 Å². The number of nitrogens with zero attached hydrogens (tertiary/aromatic N) is 6. The third kappa shape index (κ3) is 4.19. The number of pyridine rings is 1. The number of piperazine rings is 1. The minimum Gasteiger partial charge on any atom is -0.378 e. The maximum atomic E-state index is 14.0. The third-order valence-electron chi connectivity index (χ3n) is 6.64. The van der Waals surface area contributed by atoms with Gasteiger partial charge in [0.05, 0.1) is 36.6 Å². The van der Waals surface area contributed by atoms with Crippen LogP contribution in [0.1, 0.15) is 22.4 Å². The highest BCUT2D eigenvalue weighted by molar-refractivity contribution is 5.94. The van der Waals surface area contributed by atoms with Crippen molar-refractivity contribution in [3.05, 3.63) is 52.6 Å². The van der Waals surface area contributed by atoms with E-state index in [-0.39, 0.29) is 0 Å². The summed E-state index contributed by atoms with van der Waals surface area (Å²) in [6.07, 6.45) is 1.85. The summed E-state index contributed by atoms with van der Waals surface area (Å²) in [4.78, 5) is 9.51. The zero-order valence-corrected chi connectivity index (χ0v) is 18.8.